The molecule has 2 aromatic carbocycles. The normalized spacial score (nSPS) is 25.1. The van der Waals surface area contributed by atoms with Gasteiger partial charge in [-0.15, -0.1) is 0 Å². The van der Waals surface area contributed by atoms with Gasteiger partial charge in [0.15, 0.2) is 0 Å². The number of hydrogen-bond acceptors (Lipinski definition) is 4. The van der Waals surface area contributed by atoms with Gasteiger partial charge >= 0.3 is 0 Å². The van der Waals surface area contributed by atoms with E-state index in [1.54, 1.807) is 25.3 Å². The molecule has 0 unspecified atom stereocenters. The number of nitrogens with zero attached hydrogens (tertiary/aromatic N) is 2. The zero-order valence-corrected chi connectivity index (χ0v) is 18.9. The highest BCUT2D eigenvalue weighted by molar-refractivity contribution is 7.96. The number of halogens is 1. The molecule has 0 saturated carbocycles. The number of anilines is 1. The van der Waals surface area contributed by atoms with E-state index in [-0.39, 0.29) is 6.04 Å². The summed E-state index contributed by atoms with van der Waals surface area (Å²) >= 11 is 0. The number of ether oxygens (including phenoxy) is 1. The molecule has 5 rings (SSSR count). The van der Waals surface area contributed by atoms with Gasteiger partial charge in [0, 0.05) is 41.1 Å². The Hall–Kier alpha value is -2.84. The number of likely N-dealkylation sites (tertiary alicyclic amines) is 1. The maximum absolute atomic E-state index is 13.9. The second-order valence-corrected chi connectivity index (χ2v) is 10.4. The Labute approximate surface area is 187 Å². The van der Waals surface area contributed by atoms with Gasteiger partial charge in [0.05, 0.1) is 18.3 Å². The van der Waals surface area contributed by atoms with Crippen molar-refractivity contribution >= 4 is 26.6 Å². The van der Waals surface area contributed by atoms with E-state index in [4.69, 9.17) is 4.74 Å². The lowest BCUT2D eigenvalue weighted by Crippen LogP contribution is -2.56. The third-order valence-electron chi connectivity index (χ3n) is 6.61. The van der Waals surface area contributed by atoms with E-state index in [2.05, 4.69) is 22.9 Å². The molecule has 1 saturated heterocycles. The van der Waals surface area contributed by atoms with Crippen LogP contribution >= 0.6 is 0 Å². The minimum Gasteiger partial charge on any atom is -0.497 e. The summed E-state index contributed by atoms with van der Waals surface area (Å²) in [5.41, 5.74) is 1.87. The molecule has 32 heavy (non-hydrogen) atoms. The van der Waals surface area contributed by atoms with Gasteiger partial charge in [0.2, 0.25) is 0 Å². The van der Waals surface area contributed by atoms with Crippen LogP contribution in [0.5, 0.6) is 5.75 Å². The lowest BCUT2D eigenvalue weighted by molar-refractivity contribution is 0.118. The van der Waals surface area contributed by atoms with E-state index in [0.29, 0.717) is 18.5 Å². The predicted molar refractivity (Wildman–Crippen MR) is 124 cm³/mol. The summed E-state index contributed by atoms with van der Waals surface area (Å²) in [5, 5.41) is 2.37. The number of aromatic amines is 1. The van der Waals surface area contributed by atoms with E-state index in [9.17, 15) is 12.8 Å². The zero-order chi connectivity index (χ0) is 22.5. The van der Waals surface area contributed by atoms with Crippen LogP contribution in [0, 0.1) is 5.82 Å². The maximum atomic E-state index is 13.9. The van der Waals surface area contributed by atoms with Gasteiger partial charge in [-0.05, 0) is 68.3 Å². The summed E-state index contributed by atoms with van der Waals surface area (Å²) in [6.45, 7) is 3.59. The number of hydrogen-bond donors (Lipinski definition) is 1. The average Bonchev–Trinajstić information content (AvgIpc) is 3.27. The highest BCUT2D eigenvalue weighted by Crippen LogP contribution is 2.43. The Morgan fingerprint density at radius 3 is 2.81 bits per heavy atom. The summed E-state index contributed by atoms with van der Waals surface area (Å²) in [6, 6.07) is 14.1. The molecule has 2 aliphatic rings. The zero-order valence-electron chi connectivity index (χ0n) is 18.1. The third kappa shape index (κ3) is 3.57. The van der Waals surface area contributed by atoms with Crippen molar-refractivity contribution in [2.45, 2.75) is 37.9 Å². The summed E-state index contributed by atoms with van der Waals surface area (Å²) in [6.07, 6.45) is 3.06. The lowest BCUT2D eigenvalue weighted by atomic mass is 9.83. The van der Waals surface area contributed by atoms with Crippen molar-refractivity contribution in [1.82, 2.24) is 9.88 Å². The fraction of sp³-hybridized carbons (Fsp3) is 0.333. The third-order valence-corrected chi connectivity index (χ3v) is 8.18. The van der Waals surface area contributed by atoms with Crippen molar-refractivity contribution in [1.29, 1.82) is 0 Å². The summed E-state index contributed by atoms with van der Waals surface area (Å²) in [4.78, 5) is 5.83. The number of sulfonamides is 1. The first-order valence-corrected chi connectivity index (χ1v) is 12.2. The summed E-state index contributed by atoms with van der Waals surface area (Å²) in [7, 11) is -1.98. The van der Waals surface area contributed by atoms with E-state index >= 15 is 0 Å². The molecule has 2 aliphatic heterocycles. The van der Waals surface area contributed by atoms with Crippen molar-refractivity contribution in [3.8, 4) is 5.75 Å². The monoisotopic (exact) mass is 455 g/mol. The Balaban J connectivity index is 1.38. The number of methoxy groups -OCH3 is 1. The van der Waals surface area contributed by atoms with E-state index in [1.807, 2.05) is 18.2 Å². The molecule has 1 spiro atoms. The molecule has 168 valence electrons. The molecule has 0 radical (unpaired) electrons. The van der Waals surface area contributed by atoms with Crippen molar-refractivity contribution < 1.29 is 17.5 Å². The Morgan fingerprint density at radius 2 is 2.06 bits per heavy atom. The molecule has 6 nitrogen and oxygen atoms in total. The maximum Gasteiger partial charge on any atom is 0.258 e. The number of fused-ring (bicyclic) bond motifs is 1. The molecule has 2 atom stereocenters. The van der Waals surface area contributed by atoms with E-state index < -0.39 is 21.4 Å². The molecule has 0 amide bonds. The standard InChI is InChI=1S/C24H26FN3O3S/c1-17-15-24(9-11-32(29,30)28(24)21-5-3-4-19(25)14-21)8-10-27(17)16-20-12-18-13-22(31-2)6-7-23(18)26-20/h3-7,9,11-14,17,26H,8,10,15-16H2,1-2H3/t17-,24-/m0/s1. The van der Waals surface area contributed by atoms with Crippen LogP contribution in [0.2, 0.25) is 0 Å². The fourth-order valence-corrected chi connectivity index (χ4v) is 6.76. The highest BCUT2D eigenvalue weighted by Gasteiger charge is 2.49. The second kappa shape index (κ2) is 7.64. The molecule has 1 fully saturated rings. The van der Waals surface area contributed by atoms with Crippen molar-refractivity contribution in [2.75, 3.05) is 18.0 Å². The highest BCUT2D eigenvalue weighted by atomic mass is 32.2. The minimum absolute atomic E-state index is 0.138. The smallest absolute Gasteiger partial charge is 0.258 e. The SMILES string of the molecule is COc1ccc2[nH]c(CN3CC[C@]4(C=CS(=O)(=O)N4c4cccc(F)c4)C[C@@H]3C)cc2c1. The van der Waals surface area contributed by atoms with Crippen LogP contribution < -0.4 is 9.04 Å². The molecule has 0 aliphatic carbocycles. The fourth-order valence-electron chi connectivity index (χ4n) is 5.07. The summed E-state index contributed by atoms with van der Waals surface area (Å²) < 4.78 is 46.3. The van der Waals surface area contributed by atoms with Gasteiger partial charge in [-0.3, -0.25) is 9.21 Å². The van der Waals surface area contributed by atoms with Gasteiger partial charge in [-0.2, -0.15) is 0 Å². The molecule has 8 heteroatoms. The van der Waals surface area contributed by atoms with Crippen LogP contribution in [-0.2, 0) is 16.6 Å². The summed E-state index contributed by atoms with van der Waals surface area (Å²) in [5.74, 6) is 0.378. The van der Waals surface area contributed by atoms with E-state index in [1.165, 1.54) is 21.8 Å². The van der Waals surface area contributed by atoms with Gasteiger partial charge in [-0.1, -0.05) is 6.07 Å². The molecule has 1 aromatic heterocycles. The topological polar surface area (TPSA) is 65.6 Å². The van der Waals surface area contributed by atoms with Crippen molar-refractivity contribution in [2.24, 2.45) is 0 Å². The van der Waals surface area contributed by atoms with Crippen LogP contribution in [0.25, 0.3) is 10.9 Å². The van der Waals surface area contributed by atoms with Crippen molar-refractivity contribution in [3.63, 3.8) is 0 Å². The molecular formula is C24H26FN3O3S. The van der Waals surface area contributed by atoms with Gasteiger partial charge in [-0.25, -0.2) is 12.8 Å². The van der Waals surface area contributed by atoms with Crippen molar-refractivity contribution in [3.05, 3.63) is 71.5 Å². The number of rotatable bonds is 4. The number of aromatic nitrogens is 1. The molecule has 0 bridgehead atoms. The number of H-pyrrole nitrogens is 1. The quantitative estimate of drug-likeness (QED) is 0.633. The van der Waals surface area contributed by atoms with Gasteiger partial charge in [0.25, 0.3) is 10.0 Å². The van der Waals surface area contributed by atoms with Crippen LogP contribution in [0.3, 0.4) is 0 Å². The molecule has 3 aromatic rings. The van der Waals surface area contributed by atoms with Gasteiger partial charge < -0.3 is 9.72 Å². The van der Waals surface area contributed by atoms with Crippen LogP contribution in [-0.4, -0.2) is 43.5 Å². The first-order chi connectivity index (χ1) is 15.3. The largest absolute Gasteiger partial charge is 0.497 e. The average molecular weight is 456 g/mol. The minimum atomic E-state index is -3.64. The molecule has 3 heterocycles. The van der Waals surface area contributed by atoms with Crippen LogP contribution in [0.15, 0.2) is 60.0 Å². The Kier molecular flexibility index (Phi) is 5.02. The predicted octanol–water partition coefficient (Wildman–Crippen LogP) is 4.40. The molecule has 1 N–H and O–H groups in total. The van der Waals surface area contributed by atoms with Crippen LogP contribution in [0.1, 0.15) is 25.5 Å². The number of piperidine rings is 1. The van der Waals surface area contributed by atoms with Gasteiger partial charge in [0.1, 0.15) is 11.6 Å². The molecular weight excluding hydrogens is 429 g/mol. The first kappa shape index (κ1) is 21.0. The first-order valence-electron chi connectivity index (χ1n) is 10.7. The Morgan fingerprint density at radius 1 is 1.22 bits per heavy atom. The van der Waals surface area contributed by atoms with Crippen LogP contribution in [0.4, 0.5) is 10.1 Å². The number of nitrogens with one attached hydrogen (secondary N) is 1. The second-order valence-electron chi connectivity index (χ2n) is 8.72. The van der Waals surface area contributed by atoms with E-state index in [0.717, 1.165) is 35.4 Å². The lowest BCUT2D eigenvalue weighted by Gasteiger charge is -2.47. The number of benzene rings is 2. The Bertz CT molecular complexity index is 1300.